The Hall–Kier alpha value is -2.51. The van der Waals surface area contributed by atoms with E-state index < -0.39 is 5.92 Å². The minimum Gasteiger partial charge on any atom is -0.365 e. The van der Waals surface area contributed by atoms with Crippen LogP contribution >= 0.6 is 0 Å². The van der Waals surface area contributed by atoms with Crippen LogP contribution in [-0.2, 0) is 4.79 Å². The number of amides is 1. The molecule has 8 heteroatoms. The number of fused-ring (bicyclic) bond motifs is 1. The van der Waals surface area contributed by atoms with Crippen LogP contribution in [0.1, 0.15) is 32.6 Å². The minimum atomic E-state index is -2.25. The van der Waals surface area contributed by atoms with Gasteiger partial charge in [0.05, 0.1) is 5.39 Å². The van der Waals surface area contributed by atoms with Crippen LogP contribution < -0.4 is 5.32 Å². The molecule has 140 valence electrons. The molecule has 2 aromatic rings. The Labute approximate surface area is 150 Å². The summed E-state index contributed by atoms with van der Waals surface area (Å²) in [6.45, 7) is 6.32. The van der Waals surface area contributed by atoms with Gasteiger partial charge in [0.25, 0.3) is 0 Å². The van der Waals surface area contributed by atoms with Gasteiger partial charge in [-0.2, -0.15) is 0 Å². The fraction of sp³-hybridized carbons (Fsp3) is 0.500. The molecule has 6 nitrogen and oxygen atoms in total. The number of nitrogens with zero attached hydrogens (tertiary/aromatic N) is 3. The number of rotatable bonds is 3. The van der Waals surface area contributed by atoms with E-state index >= 15 is 0 Å². The summed E-state index contributed by atoms with van der Waals surface area (Å²) < 4.78 is 22.3. The highest BCUT2D eigenvalue weighted by Crippen LogP contribution is 2.40. The fourth-order valence-corrected chi connectivity index (χ4v) is 2.92. The summed E-state index contributed by atoms with van der Waals surface area (Å²) in [5, 5.41) is 4.41. The molecule has 2 N–H and O–H groups in total. The van der Waals surface area contributed by atoms with E-state index in [1.54, 1.807) is 6.33 Å². The van der Waals surface area contributed by atoms with Gasteiger partial charge in [0.1, 0.15) is 17.8 Å². The van der Waals surface area contributed by atoms with E-state index in [0.717, 1.165) is 29.7 Å². The number of nitrogens with one attached hydrogen (secondary N) is 2. The molecule has 0 bridgehead atoms. The molecular formula is C18H23F2N5O. The van der Waals surface area contributed by atoms with Gasteiger partial charge in [0.15, 0.2) is 0 Å². The number of carbonyl (C=O) groups excluding carboxylic acids is 1. The van der Waals surface area contributed by atoms with Crippen molar-refractivity contribution in [3.05, 3.63) is 31.2 Å². The summed E-state index contributed by atoms with van der Waals surface area (Å²) in [6.07, 6.45) is 6.99. The van der Waals surface area contributed by atoms with Gasteiger partial charge in [-0.25, -0.2) is 18.7 Å². The summed E-state index contributed by atoms with van der Waals surface area (Å²) in [5.74, 6) is -1.45. The molecule has 1 aliphatic heterocycles. The summed E-state index contributed by atoms with van der Waals surface area (Å²) in [4.78, 5) is 25.3. The first kappa shape index (κ1) is 18.3. The highest BCUT2D eigenvalue weighted by Gasteiger charge is 2.43. The Morgan fingerprint density at radius 3 is 2.81 bits per heavy atom. The number of piperidine rings is 1. The molecule has 0 aromatic carbocycles. The maximum Gasteiger partial charge on any atom is 0.248 e. The molecule has 0 spiro atoms. The van der Waals surface area contributed by atoms with Gasteiger partial charge in [-0.05, 0) is 31.9 Å². The summed E-state index contributed by atoms with van der Waals surface area (Å²) in [7, 11) is 0. The van der Waals surface area contributed by atoms with Crippen molar-refractivity contribution < 1.29 is 13.6 Å². The molecule has 2 aromatic heterocycles. The number of carbonyl (C=O) groups is 1. The zero-order chi connectivity index (χ0) is 18.7. The number of halogens is 2. The Morgan fingerprint density at radius 2 is 2.15 bits per heavy atom. The molecule has 1 aliphatic carbocycles. The molecule has 1 saturated heterocycles. The molecule has 1 saturated carbocycles. The third-order valence-electron chi connectivity index (χ3n) is 4.66. The van der Waals surface area contributed by atoms with Crippen LogP contribution in [0, 0.1) is 0 Å². The minimum absolute atomic E-state index is 0.0107. The van der Waals surface area contributed by atoms with Crippen molar-refractivity contribution in [3.8, 4) is 0 Å². The Bertz CT molecular complexity index is 785. The molecule has 2 atom stereocenters. The van der Waals surface area contributed by atoms with E-state index in [0.29, 0.717) is 6.54 Å². The molecule has 26 heavy (non-hydrogen) atoms. The maximum atomic E-state index is 11.9. The standard InChI is InChI=1S/C15H19N5O.C3H4F2/c1-3-13(21)20-8-11(5-4-10(20)2)19-15-12-6-7-16-14(12)17-9-18-15;4-3(5)1-2-3/h3,6-7,9-11H,1,4-5,8H2,2H3,(H2,16,17,18,19);1-2H2. The number of alkyl halides is 2. The number of hydrogen-bond donors (Lipinski definition) is 2. The zero-order valence-corrected chi connectivity index (χ0v) is 14.7. The third kappa shape index (κ3) is 4.36. The van der Waals surface area contributed by atoms with Crippen molar-refractivity contribution in [2.24, 2.45) is 0 Å². The van der Waals surface area contributed by atoms with Crippen LogP contribution in [0.4, 0.5) is 14.6 Å². The number of H-pyrrole nitrogens is 1. The average molecular weight is 363 g/mol. The van der Waals surface area contributed by atoms with Gasteiger partial charge in [0, 0.05) is 37.7 Å². The lowest BCUT2D eigenvalue weighted by atomic mass is 9.99. The molecule has 3 heterocycles. The van der Waals surface area contributed by atoms with Crippen molar-refractivity contribution >= 4 is 22.8 Å². The molecule has 2 unspecified atom stereocenters. The number of anilines is 1. The smallest absolute Gasteiger partial charge is 0.248 e. The van der Waals surface area contributed by atoms with Crippen LogP contribution in [0.25, 0.3) is 11.0 Å². The van der Waals surface area contributed by atoms with Crippen molar-refractivity contribution in [2.75, 3.05) is 11.9 Å². The number of hydrogen-bond acceptors (Lipinski definition) is 4. The lowest BCUT2D eigenvalue weighted by Gasteiger charge is -2.38. The van der Waals surface area contributed by atoms with Crippen LogP contribution in [0.5, 0.6) is 0 Å². The first-order chi connectivity index (χ1) is 12.4. The molecule has 2 aliphatic rings. The maximum absolute atomic E-state index is 11.9. The van der Waals surface area contributed by atoms with E-state index in [1.807, 2.05) is 17.2 Å². The normalized spacial score (nSPS) is 23.7. The van der Waals surface area contributed by atoms with Gasteiger partial charge >= 0.3 is 0 Å². The first-order valence-electron chi connectivity index (χ1n) is 8.75. The molecule has 0 radical (unpaired) electrons. The molecule has 1 amide bonds. The number of aromatic nitrogens is 3. The second-order valence-corrected chi connectivity index (χ2v) is 6.78. The van der Waals surface area contributed by atoms with E-state index in [1.165, 1.54) is 6.08 Å². The topological polar surface area (TPSA) is 73.9 Å². The summed E-state index contributed by atoms with van der Waals surface area (Å²) in [5.41, 5.74) is 0.815. The Kier molecular flexibility index (Phi) is 5.20. The fourth-order valence-electron chi connectivity index (χ4n) is 2.92. The Balaban J connectivity index is 0.000000339. The lowest BCUT2D eigenvalue weighted by molar-refractivity contribution is -0.129. The van der Waals surface area contributed by atoms with Crippen molar-refractivity contribution in [1.82, 2.24) is 19.9 Å². The summed E-state index contributed by atoms with van der Waals surface area (Å²) in [6, 6.07) is 2.40. The predicted octanol–water partition coefficient (Wildman–Crippen LogP) is 3.35. The lowest BCUT2D eigenvalue weighted by Crippen LogP contribution is -2.49. The van der Waals surface area contributed by atoms with Crippen LogP contribution in [0.3, 0.4) is 0 Å². The number of aromatic amines is 1. The second kappa shape index (κ2) is 7.39. The van der Waals surface area contributed by atoms with Crippen molar-refractivity contribution in [2.45, 2.75) is 50.6 Å². The molecule has 2 fully saturated rings. The van der Waals surface area contributed by atoms with Gasteiger partial charge in [-0.15, -0.1) is 0 Å². The largest absolute Gasteiger partial charge is 0.365 e. The average Bonchev–Trinajstić information content (AvgIpc) is 3.11. The summed E-state index contributed by atoms with van der Waals surface area (Å²) >= 11 is 0. The monoisotopic (exact) mass is 363 g/mol. The van der Waals surface area contributed by atoms with Gasteiger partial charge in [0.2, 0.25) is 11.8 Å². The van der Waals surface area contributed by atoms with E-state index in [-0.39, 0.29) is 30.8 Å². The van der Waals surface area contributed by atoms with Crippen LogP contribution in [0.15, 0.2) is 31.2 Å². The van der Waals surface area contributed by atoms with E-state index in [4.69, 9.17) is 0 Å². The first-order valence-corrected chi connectivity index (χ1v) is 8.75. The van der Waals surface area contributed by atoms with Crippen LogP contribution in [0.2, 0.25) is 0 Å². The number of likely N-dealkylation sites (tertiary alicyclic amines) is 1. The van der Waals surface area contributed by atoms with Crippen molar-refractivity contribution in [3.63, 3.8) is 0 Å². The molecular weight excluding hydrogens is 340 g/mol. The zero-order valence-electron chi connectivity index (χ0n) is 14.7. The van der Waals surface area contributed by atoms with Gasteiger partial charge in [-0.1, -0.05) is 6.58 Å². The third-order valence-corrected chi connectivity index (χ3v) is 4.66. The van der Waals surface area contributed by atoms with Gasteiger partial charge in [-0.3, -0.25) is 4.79 Å². The SMILES string of the molecule is C=CC(=O)N1CC(Nc2ncnc3[nH]ccc23)CCC1C.FC1(F)CC1. The van der Waals surface area contributed by atoms with Crippen molar-refractivity contribution in [1.29, 1.82) is 0 Å². The second-order valence-electron chi connectivity index (χ2n) is 6.78. The highest BCUT2D eigenvalue weighted by atomic mass is 19.3. The van der Waals surface area contributed by atoms with Crippen LogP contribution in [-0.4, -0.2) is 50.3 Å². The molecule has 4 rings (SSSR count). The van der Waals surface area contributed by atoms with E-state index in [9.17, 15) is 13.6 Å². The Morgan fingerprint density at radius 1 is 1.42 bits per heavy atom. The quantitative estimate of drug-likeness (QED) is 0.820. The highest BCUT2D eigenvalue weighted by molar-refractivity contribution is 5.88. The van der Waals surface area contributed by atoms with Gasteiger partial charge < -0.3 is 15.2 Å². The predicted molar refractivity (Wildman–Crippen MR) is 96.1 cm³/mol. The van der Waals surface area contributed by atoms with E-state index in [2.05, 4.69) is 33.8 Å².